The Morgan fingerprint density at radius 1 is 1.31 bits per heavy atom. The third-order valence-electron chi connectivity index (χ3n) is 2.77. The third-order valence-corrected chi connectivity index (χ3v) is 4.43. The normalized spacial score (nSPS) is 27.1. The molecule has 0 bridgehead atoms. The summed E-state index contributed by atoms with van der Waals surface area (Å²) in [6, 6.07) is 0. The van der Waals surface area contributed by atoms with E-state index < -0.39 is 21.0 Å². The summed E-state index contributed by atoms with van der Waals surface area (Å²) in [7, 11) is -3.01. The van der Waals surface area contributed by atoms with Gasteiger partial charge >= 0.3 is 0 Å². The molecule has 1 aliphatic rings. The maximum absolute atomic E-state index is 14.0. The first-order valence-corrected chi connectivity index (χ1v) is 6.17. The number of sulfone groups is 1. The van der Waals surface area contributed by atoms with Crippen molar-refractivity contribution >= 4 is 9.84 Å². The van der Waals surface area contributed by atoms with E-state index in [0.29, 0.717) is 0 Å². The van der Waals surface area contributed by atoms with Gasteiger partial charge in [0.15, 0.2) is 9.84 Å². The highest BCUT2D eigenvalue weighted by atomic mass is 32.2. The summed E-state index contributed by atoms with van der Waals surface area (Å²) in [5.74, 6) is -0.158. The number of hydrogen-bond acceptors (Lipinski definition) is 3. The van der Waals surface area contributed by atoms with Crippen molar-refractivity contribution in [2.75, 3.05) is 11.5 Å². The zero-order chi connectivity index (χ0) is 10.3. The predicted molar refractivity (Wildman–Crippen MR) is 50.0 cm³/mol. The summed E-state index contributed by atoms with van der Waals surface area (Å²) in [6.07, 6.45) is 0.0532. The highest BCUT2D eigenvalue weighted by molar-refractivity contribution is 7.91. The summed E-state index contributed by atoms with van der Waals surface area (Å²) < 4.78 is 36.1. The fourth-order valence-electron chi connectivity index (χ4n) is 1.51. The molecule has 0 unspecified atom stereocenters. The van der Waals surface area contributed by atoms with Crippen LogP contribution in [0.3, 0.4) is 0 Å². The summed E-state index contributed by atoms with van der Waals surface area (Å²) >= 11 is 0. The van der Waals surface area contributed by atoms with Crippen molar-refractivity contribution in [2.45, 2.75) is 37.9 Å². The zero-order valence-electron chi connectivity index (χ0n) is 8.01. The largest absolute Gasteiger partial charge is 0.323 e. The van der Waals surface area contributed by atoms with E-state index in [0.717, 1.165) is 0 Å². The molecule has 1 heterocycles. The van der Waals surface area contributed by atoms with E-state index >= 15 is 0 Å². The summed E-state index contributed by atoms with van der Waals surface area (Å²) in [4.78, 5) is 0. The van der Waals surface area contributed by atoms with E-state index in [1.54, 1.807) is 13.8 Å². The number of alkyl halides is 1. The van der Waals surface area contributed by atoms with Gasteiger partial charge in [-0.05, 0) is 26.7 Å². The molecule has 0 aliphatic carbocycles. The number of nitrogens with two attached hydrogens (primary N) is 1. The van der Waals surface area contributed by atoms with Crippen LogP contribution in [0.15, 0.2) is 0 Å². The van der Waals surface area contributed by atoms with Crippen molar-refractivity contribution in [2.24, 2.45) is 5.73 Å². The van der Waals surface area contributed by atoms with Crippen molar-refractivity contribution in [1.82, 2.24) is 0 Å². The lowest BCUT2D eigenvalue weighted by molar-refractivity contribution is 0.0644. The van der Waals surface area contributed by atoms with E-state index in [1.807, 2.05) is 0 Å². The second-order valence-electron chi connectivity index (χ2n) is 4.34. The lowest BCUT2D eigenvalue weighted by Crippen LogP contribution is -2.56. The molecule has 3 nitrogen and oxygen atoms in total. The number of halogens is 1. The quantitative estimate of drug-likeness (QED) is 0.689. The standard InChI is InChI=1S/C8H16FNO2S/c1-7(2,10)8(9)3-5-13(11,12)6-4-8/h3-6,10H2,1-2H3. The molecule has 0 aromatic carbocycles. The van der Waals surface area contributed by atoms with Crippen LogP contribution in [-0.2, 0) is 9.84 Å². The van der Waals surface area contributed by atoms with E-state index in [2.05, 4.69) is 0 Å². The van der Waals surface area contributed by atoms with Gasteiger partial charge in [0.2, 0.25) is 0 Å². The zero-order valence-corrected chi connectivity index (χ0v) is 8.82. The van der Waals surface area contributed by atoms with Gasteiger partial charge < -0.3 is 5.73 Å². The van der Waals surface area contributed by atoms with Crippen molar-refractivity contribution in [3.63, 3.8) is 0 Å². The monoisotopic (exact) mass is 209 g/mol. The molecule has 5 heteroatoms. The SMILES string of the molecule is CC(C)(N)C1(F)CCS(=O)(=O)CC1. The Labute approximate surface area is 78.4 Å². The molecule has 0 atom stereocenters. The Kier molecular flexibility index (Phi) is 2.45. The first-order valence-electron chi connectivity index (χ1n) is 4.35. The van der Waals surface area contributed by atoms with Crippen LogP contribution in [0.4, 0.5) is 4.39 Å². The number of rotatable bonds is 1. The highest BCUT2D eigenvalue weighted by Crippen LogP contribution is 2.35. The molecule has 1 saturated heterocycles. The molecule has 1 aliphatic heterocycles. The molecule has 78 valence electrons. The van der Waals surface area contributed by atoms with Gasteiger partial charge in [-0.25, -0.2) is 12.8 Å². The fraction of sp³-hybridized carbons (Fsp3) is 1.00. The predicted octanol–water partition coefficient (Wildman–Crippen LogP) is 0.641. The second-order valence-corrected chi connectivity index (χ2v) is 6.64. The van der Waals surface area contributed by atoms with E-state index in [-0.39, 0.29) is 24.3 Å². The van der Waals surface area contributed by atoms with E-state index in [9.17, 15) is 12.8 Å². The van der Waals surface area contributed by atoms with E-state index in [1.165, 1.54) is 0 Å². The molecule has 0 amide bonds. The molecule has 0 saturated carbocycles. The average molecular weight is 209 g/mol. The molecule has 2 N–H and O–H groups in total. The minimum atomic E-state index is -3.01. The van der Waals surface area contributed by atoms with Gasteiger partial charge in [0.25, 0.3) is 0 Å². The smallest absolute Gasteiger partial charge is 0.150 e. The molecule has 0 aromatic rings. The van der Waals surface area contributed by atoms with Crippen LogP contribution in [-0.4, -0.2) is 31.1 Å². The Hall–Kier alpha value is -0.160. The van der Waals surface area contributed by atoms with Gasteiger partial charge in [0.05, 0.1) is 11.5 Å². The Bertz CT molecular complexity index is 278. The third kappa shape index (κ3) is 2.20. The molecule has 0 radical (unpaired) electrons. The molecule has 1 fully saturated rings. The van der Waals surface area contributed by atoms with Crippen LogP contribution in [0.25, 0.3) is 0 Å². The topological polar surface area (TPSA) is 60.2 Å². The summed E-state index contributed by atoms with van der Waals surface area (Å²) in [6.45, 7) is 3.20. The first kappa shape index (κ1) is 10.9. The van der Waals surface area contributed by atoms with Crippen LogP contribution in [0.2, 0.25) is 0 Å². The van der Waals surface area contributed by atoms with Gasteiger partial charge in [-0.1, -0.05) is 0 Å². The van der Waals surface area contributed by atoms with Crippen molar-refractivity contribution < 1.29 is 12.8 Å². The molecular weight excluding hydrogens is 193 g/mol. The van der Waals surface area contributed by atoms with Gasteiger partial charge in [-0.2, -0.15) is 0 Å². The van der Waals surface area contributed by atoms with E-state index in [4.69, 9.17) is 5.73 Å². The first-order chi connectivity index (χ1) is 5.66. The molecule has 13 heavy (non-hydrogen) atoms. The molecule has 0 spiro atoms. The molecule has 1 rings (SSSR count). The number of hydrogen-bond donors (Lipinski definition) is 1. The van der Waals surface area contributed by atoms with Crippen LogP contribution in [0.1, 0.15) is 26.7 Å². The lowest BCUT2D eigenvalue weighted by atomic mass is 9.81. The van der Waals surface area contributed by atoms with Gasteiger partial charge in [0.1, 0.15) is 5.67 Å². The van der Waals surface area contributed by atoms with Crippen molar-refractivity contribution in [3.05, 3.63) is 0 Å². The Balaban J connectivity index is 2.79. The average Bonchev–Trinajstić information content (AvgIpc) is 1.94. The summed E-state index contributed by atoms with van der Waals surface area (Å²) in [5.41, 5.74) is 3.18. The summed E-state index contributed by atoms with van der Waals surface area (Å²) in [5, 5.41) is 0. The van der Waals surface area contributed by atoms with Crippen LogP contribution >= 0.6 is 0 Å². The van der Waals surface area contributed by atoms with Gasteiger partial charge in [0, 0.05) is 5.54 Å². The maximum atomic E-state index is 14.0. The maximum Gasteiger partial charge on any atom is 0.150 e. The van der Waals surface area contributed by atoms with Gasteiger partial charge in [-0.15, -0.1) is 0 Å². The van der Waals surface area contributed by atoms with Crippen LogP contribution in [0, 0.1) is 0 Å². The Morgan fingerprint density at radius 3 is 2.00 bits per heavy atom. The fourth-order valence-corrected chi connectivity index (χ4v) is 2.98. The molecular formula is C8H16FNO2S. The lowest BCUT2D eigenvalue weighted by Gasteiger charge is -2.40. The van der Waals surface area contributed by atoms with Crippen LogP contribution in [0.5, 0.6) is 0 Å². The van der Waals surface area contributed by atoms with Gasteiger partial charge in [-0.3, -0.25) is 0 Å². The molecule has 0 aromatic heterocycles. The minimum Gasteiger partial charge on any atom is -0.323 e. The van der Waals surface area contributed by atoms with Crippen LogP contribution < -0.4 is 5.73 Å². The second kappa shape index (κ2) is 2.92. The van der Waals surface area contributed by atoms with Crippen molar-refractivity contribution in [3.8, 4) is 0 Å². The Morgan fingerprint density at radius 2 is 1.69 bits per heavy atom. The highest BCUT2D eigenvalue weighted by Gasteiger charge is 2.46. The minimum absolute atomic E-state index is 0.0266. The van der Waals surface area contributed by atoms with Crippen molar-refractivity contribution in [1.29, 1.82) is 0 Å².